The molecule has 15 heavy (non-hydrogen) atoms. The minimum absolute atomic E-state index is 0.275. The molecule has 2 heteroatoms. The number of phenols is 1. The van der Waals surface area contributed by atoms with Gasteiger partial charge in [0, 0.05) is 5.56 Å². The Kier molecular flexibility index (Phi) is 2.59. The van der Waals surface area contributed by atoms with E-state index in [4.69, 9.17) is 5.11 Å². The average Bonchev–Trinajstić information content (AvgIpc) is 2.25. The largest absolute Gasteiger partial charge is 0.508 e. The Hall–Kier alpha value is -1.96. The standard InChI is InChI=1S/C13H12O2/c14-12-7-5-10(6-8-12)9-11-3-1-2-4-13(11)15/h1-5,7-9,14-15H,6H2/b10-9-. The van der Waals surface area contributed by atoms with Gasteiger partial charge >= 0.3 is 0 Å². The fourth-order valence-corrected chi connectivity index (χ4v) is 1.47. The van der Waals surface area contributed by atoms with Crippen molar-refractivity contribution in [1.29, 1.82) is 0 Å². The number of benzene rings is 1. The number of hydrogen-bond donors (Lipinski definition) is 2. The van der Waals surface area contributed by atoms with Crippen molar-refractivity contribution >= 4 is 6.08 Å². The van der Waals surface area contributed by atoms with Gasteiger partial charge in [0.1, 0.15) is 11.5 Å². The van der Waals surface area contributed by atoms with E-state index < -0.39 is 0 Å². The molecular formula is C13H12O2. The molecule has 0 aliphatic heterocycles. The molecule has 0 atom stereocenters. The third-order valence-corrected chi connectivity index (χ3v) is 2.29. The number of aromatic hydroxyl groups is 1. The molecule has 0 amide bonds. The summed E-state index contributed by atoms with van der Waals surface area (Å²) >= 11 is 0. The molecular weight excluding hydrogens is 188 g/mol. The van der Waals surface area contributed by atoms with Gasteiger partial charge in [0.15, 0.2) is 0 Å². The van der Waals surface area contributed by atoms with Gasteiger partial charge in [-0.2, -0.15) is 0 Å². The predicted molar refractivity (Wildman–Crippen MR) is 60.6 cm³/mol. The number of aliphatic hydroxyl groups is 1. The van der Waals surface area contributed by atoms with Gasteiger partial charge in [-0.1, -0.05) is 24.3 Å². The Morgan fingerprint density at radius 3 is 2.53 bits per heavy atom. The van der Waals surface area contributed by atoms with Crippen LogP contribution in [0.25, 0.3) is 6.08 Å². The van der Waals surface area contributed by atoms with Crippen LogP contribution in [-0.2, 0) is 0 Å². The second kappa shape index (κ2) is 4.05. The van der Waals surface area contributed by atoms with Crippen LogP contribution in [0.5, 0.6) is 5.75 Å². The highest BCUT2D eigenvalue weighted by Gasteiger charge is 2.01. The summed E-state index contributed by atoms with van der Waals surface area (Å²) in [5.74, 6) is 0.571. The Labute approximate surface area is 88.5 Å². The Balaban J connectivity index is 2.26. The van der Waals surface area contributed by atoms with Crippen molar-refractivity contribution in [2.45, 2.75) is 6.42 Å². The fourth-order valence-electron chi connectivity index (χ4n) is 1.47. The molecule has 0 saturated carbocycles. The van der Waals surface area contributed by atoms with Crippen LogP contribution in [0.1, 0.15) is 12.0 Å². The van der Waals surface area contributed by atoms with Gasteiger partial charge < -0.3 is 10.2 Å². The van der Waals surface area contributed by atoms with E-state index in [2.05, 4.69) is 0 Å². The molecule has 1 aromatic carbocycles. The van der Waals surface area contributed by atoms with Crippen LogP contribution in [0.3, 0.4) is 0 Å². The summed E-state index contributed by atoms with van der Waals surface area (Å²) in [7, 11) is 0. The number of aliphatic hydroxyl groups excluding tert-OH is 1. The second-order valence-corrected chi connectivity index (χ2v) is 3.44. The van der Waals surface area contributed by atoms with E-state index in [1.165, 1.54) is 0 Å². The second-order valence-electron chi connectivity index (χ2n) is 3.44. The van der Waals surface area contributed by atoms with Crippen LogP contribution in [0.15, 0.2) is 53.8 Å². The highest BCUT2D eigenvalue weighted by atomic mass is 16.3. The molecule has 0 heterocycles. The molecule has 0 radical (unpaired) electrons. The molecule has 0 unspecified atom stereocenters. The summed E-state index contributed by atoms with van der Waals surface area (Å²) < 4.78 is 0. The number of hydrogen-bond acceptors (Lipinski definition) is 2. The van der Waals surface area contributed by atoms with Gasteiger partial charge in [0.2, 0.25) is 0 Å². The van der Waals surface area contributed by atoms with Crippen molar-refractivity contribution in [2.24, 2.45) is 0 Å². The van der Waals surface area contributed by atoms with E-state index in [1.807, 2.05) is 24.3 Å². The zero-order valence-corrected chi connectivity index (χ0v) is 8.22. The van der Waals surface area contributed by atoms with E-state index >= 15 is 0 Å². The molecule has 0 saturated heterocycles. The minimum Gasteiger partial charge on any atom is -0.508 e. The maximum Gasteiger partial charge on any atom is 0.122 e. The topological polar surface area (TPSA) is 40.5 Å². The molecule has 0 aromatic heterocycles. The first kappa shape index (κ1) is 9.59. The SMILES string of the molecule is OC1=CC/C(=C\c2ccccc2O)C=C1. The summed E-state index contributed by atoms with van der Waals surface area (Å²) in [6.07, 6.45) is 7.84. The van der Waals surface area contributed by atoms with Crippen molar-refractivity contribution in [3.8, 4) is 5.75 Å². The number of phenolic OH excluding ortho intramolecular Hbond substituents is 1. The Morgan fingerprint density at radius 2 is 1.87 bits per heavy atom. The van der Waals surface area contributed by atoms with Crippen LogP contribution >= 0.6 is 0 Å². The zero-order chi connectivity index (χ0) is 10.7. The monoisotopic (exact) mass is 200 g/mol. The minimum atomic E-state index is 0.275. The Morgan fingerprint density at radius 1 is 1.07 bits per heavy atom. The van der Waals surface area contributed by atoms with Crippen LogP contribution < -0.4 is 0 Å². The van der Waals surface area contributed by atoms with E-state index in [0.717, 1.165) is 11.1 Å². The van der Waals surface area contributed by atoms with E-state index in [9.17, 15) is 5.11 Å². The molecule has 2 rings (SSSR count). The highest BCUT2D eigenvalue weighted by molar-refractivity contribution is 5.62. The molecule has 1 aliphatic rings. The van der Waals surface area contributed by atoms with E-state index in [-0.39, 0.29) is 5.75 Å². The molecule has 0 fully saturated rings. The maximum absolute atomic E-state index is 9.56. The number of allylic oxidation sites excluding steroid dienone is 4. The first-order valence-corrected chi connectivity index (χ1v) is 4.81. The van der Waals surface area contributed by atoms with Crippen LogP contribution in [0.4, 0.5) is 0 Å². The smallest absolute Gasteiger partial charge is 0.122 e. The van der Waals surface area contributed by atoms with Crippen molar-refractivity contribution in [3.63, 3.8) is 0 Å². The van der Waals surface area contributed by atoms with Gasteiger partial charge in [-0.3, -0.25) is 0 Å². The lowest BCUT2D eigenvalue weighted by Crippen LogP contribution is -1.86. The van der Waals surface area contributed by atoms with E-state index in [1.54, 1.807) is 24.3 Å². The molecule has 0 bridgehead atoms. The molecule has 2 nitrogen and oxygen atoms in total. The van der Waals surface area contributed by atoms with Gasteiger partial charge in [0.05, 0.1) is 0 Å². The summed E-state index contributed by atoms with van der Waals surface area (Å²) in [6.45, 7) is 0. The normalized spacial score (nSPS) is 17.9. The van der Waals surface area contributed by atoms with E-state index in [0.29, 0.717) is 12.2 Å². The lowest BCUT2D eigenvalue weighted by atomic mass is 10.0. The zero-order valence-electron chi connectivity index (χ0n) is 8.22. The average molecular weight is 200 g/mol. The number of rotatable bonds is 1. The summed E-state index contributed by atoms with van der Waals surface area (Å²) in [5.41, 5.74) is 1.86. The van der Waals surface area contributed by atoms with Crippen LogP contribution in [0, 0.1) is 0 Å². The highest BCUT2D eigenvalue weighted by Crippen LogP contribution is 2.22. The van der Waals surface area contributed by atoms with Gasteiger partial charge in [-0.05, 0) is 36.3 Å². The first-order valence-electron chi connectivity index (χ1n) is 4.81. The fraction of sp³-hybridized carbons (Fsp3) is 0.0769. The summed E-state index contributed by atoms with van der Waals surface area (Å²) in [6, 6.07) is 7.19. The predicted octanol–water partition coefficient (Wildman–Crippen LogP) is 3.18. The molecule has 1 aromatic rings. The van der Waals surface area contributed by atoms with Crippen molar-refractivity contribution in [3.05, 3.63) is 59.4 Å². The first-order chi connectivity index (χ1) is 7.25. The van der Waals surface area contributed by atoms with Gasteiger partial charge in [-0.25, -0.2) is 0 Å². The van der Waals surface area contributed by atoms with Crippen LogP contribution in [0.2, 0.25) is 0 Å². The molecule has 2 N–H and O–H groups in total. The molecule has 76 valence electrons. The van der Waals surface area contributed by atoms with Crippen molar-refractivity contribution in [2.75, 3.05) is 0 Å². The molecule has 1 aliphatic carbocycles. The van der Waals surface area contributed by atoms with Crippen molar-refractivity contribution in [1.82, 2.24) is 0 Å². The number of para-hydroxylation sites is 1. The van der Waals surface area contributed by atoms with Gasteiger partial charge in [0.25, 0.3) is 0 Å². The van der Waals surface area contributed by atoms with Crippen molar-refractivity contribution < 1.29 is 10.2 Å². The lowest BCUT2D eigenvalue weighted by molar-refractivity contribution is 0.429. The quantitative estimate of drug-likeness (QED) is 0.731. The van der Waals surface area contributed by atoms with Crippen LogP contribution in [-0.4, -0.2) is 10.2 Å². The van der Waals surface area contributed by atoms with Gasteiger partial charge in [-0.15, -0.1) is 0 Å². The molecule has 0 spiro atoms. The third kappa shape index (κ3) is 2.29. The summed E-state index contributed by atoms with van der Waals surface area (Å²) in [4.78, 5) is 0. The maximum atomic E-state index is 9.56. The summed E-state index contributed by atoms with van der Waals surface area (Å²) in [5, 5.41) is 18.7. The third-order valence-electron chi connectivity index (χ3n) is 2.29. The Bertz CT molecular complexity index is 453. The lowest BCUT2D eigenvalue weighted by Gasteiger charge is -2.05.